The van der Waals surface area contributed by atoms with E-state index in [1.54, 1.807) is 22.9 Å². The summed E-state index contributed by atoms with van der Waals surface area (Å²) in [5, 5.41) is 15.2. The van der Waals surface area contributed by atoms with Gasteiger partial charge in [0.15, 0.2) is 9.84 Å². The topological polar surface area (TPSA) is 105 Å². The molecule has 0 aliphatic carbocycles. The molecule has 1 aromatic heterocycles. The van der Waals surface area contributed by atoms with E-state index in [4.69, 9.17) is 5.10 Å². The Hall–Kier alpha value is -4.47. The van der Waals surface area contributed by atoms with E-state index >= 15 is 0 Å². The van der Waals surface area contributed by atoms with Crippen molar-refractivity contribution in [3.8, 4) is 5.69 Å². The predicted molar refractivity (Wildman–Crippen MR) is 186 cm³/mol. The Morgan fingerprint density at radius 2 is 1.54 bits per heavy atom. The number of hydrogen-bond acceptors (Lipinski definition) is 5. The van der Waals surface area contributed by atoms with Crippen molar-refractivity contribution < 1.29 is 13.2 Å². The minimum absolute atomic E-state index is 0.124. The smallest absolute Gasteiger partial charge is 0.317 e. The Balaban J connectivity index is 1.35. The number of para-hydroxylation sites is 1. The number of aromatic nitrogens is 2. The number of nitrogens with zero attached hydrogens (tertiary/aromatic N) is 2. The second-order valence-electron chi connectivity index (χ2n) is 13.1. The molecule has 238 valence electrons. The van der Waals surface area contributed by atoms with Gasteiger partial charge in [-0.1, -0.05) is 87.0 Å². The van der Waals surface area contributed by atoms with Gasteiger partial charge in [-0.15, -0.1) is 0 Å². The van der Waals surface area contributed by atoms with Crippen LogP contribution in [0.3, 0.4) is 0 Å². The van der Waals surface area contributed by atoms with Crippen molar-refractivity contribution >= 4 is 38.1 Å². The normalized spacial score (nSPS) is 15.0. The lowest BCUT2D eigenvalue weighted by molar-refractivity contribution is 0.262. The molecule has 8 nitrogen and oxygen atoms in total. The fourth-order valence-electron chi connectivity index (χ4n) is 6.16. The number of carbonyl (C=O) groups excluding carboxylic acids is 1. The first kappa shape index (κ1) is 31.5. The minimum Gasteiger partial charge on any atom is -0.317 e. The van der Waals surface area contributed by atoms with Gasteiger partial charge in [-0.05, 0) is 85.4 Å². The number of aryl methyl sites for hydroxylation is 1. The summed E-state index contributed by atoms with van der Waals surface area (Å²) in [5.41, 5.74) is 3.58. The van der Waals surface area contributed by atoms with Crippen molar-refractivity contribution in [3.63, 3.8) is 0 Å². The summed E-state index contributed by atoms with van der Waals surface area (Å²) < 4.78 is 30.9. The van der Waals surface area contributed by atoms with Gasteiger partial charge < -0.3 is 10.6 Å². The molecule has 1 unspecified atom stereocenters. The van der Waals surface area contributed by atoms with Crippen LogP contribution in [0.4, 0.5) is 16.3 Å². The van der Waals surface area contributed by atoms with Crippen LogP contribution in [-0.4, -0.2) is 37.3 Å². The fourth-order valence-corrected chi connectivity index (χ4v) is 8.32. The van der Waals surface area contributed by atoms with Crippen LogP contribution < -0.4 is 16.0 Å². The Labute approximate surface area is 271 Å². The molecule has 0 radical (unpaired) electrons. The summed E-state index contributed by atoms with van der Waals surface area (Å²) in [6, 6.07) is 29.7. The molecule has 4 aromatic carbocycles. The summed E-state index contributed by atoms with van der Waals surface area (Å²) in [6.07, 6.45) is 1.42. The maximum absolute atomic E-state index is 14.6. The van der Waals surface area contributed by atoms with E-state index < -0.39 is 21.1 Å². The molecule has 1 saturated heterocycles. The van der Waals surface area contributed by atoms with E-state index in [0.717, 1.165) is 40.8 Å². The highest BCUT2D eigenvalue weighted by atomic mass is 32.2. The summed E-state index contributed by atoms with van der Waals surface area (Å²) in [4.78, 5) is 14.0. The van der Waals surface area contributed by atoms with Crippen LogP contribution >= 0.6 is 0 Å². The number of amides is 2. The van der Waals surface area contributed by atoms with Gasteiger partial charge in [0.1, 0.15) is 5.82 Å². The molecule has 3 N–H and O–H groups in total. The molecular weight excluding hydrogens is 595 g/mol. The Bertz CT molecular complexity index is 1970. The third-order valence-electron chi connectivity index (χ3n) is 8.71. The van der Waals surface area contributed by atoms with E-state index in [0.29, 0.717) is 29.9 Å². The van der Waals surface area contributed by atoms with Gasteiger partial charge in [-0.25, -0.2) is 17.9 Å². The lowest BCUT2D eigenvalue weighted by Crippen LogP contribution is -2.34. The third-order valence-corrected chi connectivity index (χ3v) is 10.9. The molecule has 46 heavy (non-hydrogen) atoms. The maximum atomic E-state index is 14.6. The lowest BCUT2D eigenvalue weighted by Gasteiger charge is -2.32. The summed E-state index contributed by atoms with van der Waals surface area (Å²) in [7, 11) is -3.84. The van der Waals surface area contributed by atoms with Crippen molar-refractivity contribution in [1.29, 1.82) is 0 Å². The number of hydrogen-bond donors (Lipinski definition) is 3. The lowest BCUT2D eigenvalue weighted by atomic mass is 9.89. The third kappa shape index (κ3) is 6.57. The van der Waals surface area contributed by atoms with E-state index in [1.165, 1.54) is 0 Å². The molecule has 6 rings (SSSR count). The van der Waals surface area contributed by atoms with Crippen molar-refractivity contribution in [1.82, 2.24) is 15.1 Å². The molecule has 1 atom stereocenters. The van der Waals surface area contributed by atoms with Crippen LogP contribution in [0.1, 0.15) is 55.7 Å². The predicted octanol–water partition coefficient (Wildman–Crippen LogP) is 7.79. The number of rotatable bonds is 7. The van der Waals surface area contributed by atoms with Gasteiger partial charge in [-0.3, -0.25) is 5.32 Å². The van der Waals surface area contributed by atoms with Crippen molar-refractivity contribution in [3.05, 3.63) is 114 Å². The molecule has 2 amide bonds. The highest BCUT2D eigenvalue weighted by Gasteiger charge is 2.38. The molecule has 2 heterocycles. The Morgan fingerprint density at radius 1 is 0.870 bits per heavy atom. The molecule has 0 saturated carbocycles. The van der Waals surface area contributed by atoms with Crippen molar-refractivity contribution in [2.24, 2.45) is 5.92 Å². The monoisotopic (exact) mass is 635 g/mol. The SMILES string of the molecule is Cc1ccc(-n2nc(C(C)(C)C)cc2NC(=O)Nc2ccccc2C(C2CCNCC2)S(=O)(=O)c2ccc3ccccc3c2)cc1. The molecule has 5 aromatic rings. The highest BCUT2D eigenvalue weighted by molar-refractivity contribution is 7.91. The second-order valence-corrected chi connectivity index (χ2v) is 15.2. The zero-order valence-corrected chi connectivity index (χ0v) is 27.6. The largest absolute Gasteiger partial charge is 0.324 e. The first-order valence-electron chi connectivity index (χ1n) is 15.8. The standard InChI is InChI=1S/C37H41N5O3S/c1-25-13-16-29(17-14-25)42-34(24-33(41-42)37(2,3)4)40-36(43)39-32-12-8-7-11-31(32)35(27-19-21-38-22-20-27)46(44,45)30-18-15-26-9-5-6-10-28(26)23-30/h5-18,23-24,27,35,38H,19-22H2,1-4H3,(H2,39,40,43). The van der Waals surface area contributed by atoms with Crippen LogP contribution in [0.2, 0.25) is 0 Å². The Morgan fingerprint density at radius 3 is 2.26 bits per heavy atom. The number of fused-ring (bicyclic) bond motifs is 1. The van der Waals surface area contributed by atoms with Gasteiger partial charge in [0, 0.05) is 17.2 Å². The molecule has 0 spiro atoms. The van der Waals surface area contributed by atoms with Gasteiger partial charge >= 0.3 is 6.03 Å². The van der Waals surface area contributed by atoms with Gasteiger partial charge in [0.2, 0.25) is 0 Å². The summed E-state index contributed by atoms with van der Waals surface area (Å²) >= 11 is 0. The number of nitrogens with one attached hydrogen (secondary N) is 3. The average Bonchev–Trinajstić information content (AvgIpc) is 3.47. The molecule has 1 aliphatic rings. The maximum Gasteiger partial charge on any atom is 0.324 e. The number of piperidine rings is 1. The minimum atomic E-state index is -3.84. The number of carbonyl (C=O) groups is 1. The molecule has 1 fully saturated rings. The van der Waals surface area contributed by atoms with E-state index in [1.807, 2.05) is 85.8 Å². The quantitative estimate of drug-likeness (QED) is 0.169. The highest BCUT2D eigenvalue weighted by Crippen LogP contribution is 2.42. The van der Waals surface area contributed by atoms with Gasteiger partial charge in [0.25, 0.3) is 0 Å². The van der Waals surface area contributed by atoms with E-state index in [-0.39, 0.29) is 16.2 Å². The molecule has 1 aliphatic heterocycles. The summed E-state index contributed by atoms with van der Waals surface area (Å²) in [5.74, 6) is 0.392. The van der Waals surface area contributed by atoms with E-state index in [9.17, 15) is 13.2 Å². The first-order valence-corrected chi connectivity index (χ1v) is 17.3. The fraction of sp³-hybridized carbons (Fsp3) is 0.297. The zero-order valence-electron chi connectivity index (χ0n) is 26.7. The van der Waals surface area contributed by atoms with E-state index in [2.05, 4.69) is 36.7 Å². The number of benzene rings is 4. The van der Waals surface area contributed by atoms with Crippen LogP contribution in [0.25, 0.3) is 16.5 Å². The summed E-state index contributed by atoms with van der Waals surface area (Å²) in [6.45, 7) is 9.73. The molecular formula is C37H41N5O3S. The molecule has 9 heteroatoms. The number of sulfone groups is 1. The Kier molecular flexibility index (Phi) is 8.72. The first-order chi connectivity index (χ1) is 22.0. The van der Waals surface area contributed by atoms with Crippen molar-refractivity contribution in [2.75, 3.05) is 23.7 Å². The van der Waals surface area contributed by atoms with Crippen molar-refractivity contribution in [2.45, 2.75) is 56.1 Å². The van der Waals surface area contributed by atoms with Crippen LogP contribution in [0, 0.1) is 12.8 Å². The van der Waals surface area contributed by atoms with Crippen LogP contribution in [0.5, 0.6) is 0 Å². The van der Waals surface area contributed by atoms with Gasteiger partial charge in [-0.2, -0.15) is 5.10 Å². The van der Waals surface area contributed by atoms with Gasteiger partial charge in [0.05, 0.1) is 21.5 Å². The molecule has 0 bridgehead atoms. The number of anilines is 2. The number of urea groups is 1. The average molecular weight is 636 g/mol. The van der Waals surface area contributed by atoms with Crippen LogP contribution in [0.15, 0.2) is 102 Å². The van der Waals surface area contributed by atoms with Crippen LogP contribution in [-0.2, 0) is 15.3 Å². The second kappa shape index (κ2) is 12.7. The zero-order chi connectivity index (χ0) is 32.5.